The number of unbranched alkanes of at least 4 members (excludes halogenated alkanes) is 1. The van der Waals surface area contributed by atoms with Crippen LogP contribution in [0.15, 0.2) is 24.3 Å². The van der Waals surface area contributed by atoms with Gasteiger partial charge >= 0.3 is 0 Å². The van der Waals surface area contributed by atoms with Gasteiger partial charge in [-0.25, -0.2) is 4.98 Å². The molecule has 0 bridgehead atoms. The highest BCUT2D eigenvalue weighted by Crippen LogP contribution is 2.40. The maximum Gasteiger partial charge on any atom is 0.223 e. The van der Waals surface area contributed by atoms with E-state index in [0.29, 0.717) is 12.3 Å². The predicted molar refractivity (Wildman–Crippen MR) is 107 cm³/mol. The lowest BCUT2D eigenvalue weighted by Crippen LogP contribution is -2.30. The average molecular weight is 376 g/mol. The highest BCUT2D eigenvalue weighted by atomic mass is 33.1. The lowest BCUT2D eigenvalue weighted by molar-refractivity contribution is -0.132. The summed E-state index contributed by atoms with van der Waals surface area (Å²) in [7, 11) is 4.03. The summed E-state index contributed by atoms with van der Waals surface area (Å²) in [4.78, 5) is 22.9. The molecule has 2 aromatic rings. The van der Waals surface area contributed by atoms with E-state index < -0.39 is 0 Å². The van der Waals surface area contributed by atoms with Crippen LogP contribution in [0, 0.1) is 0 Å². The molecular formula is C19H25N3OS2. The number of nitrogens with one attached hydrogen (secondary N) is 1. The number of amides is 1. The number of carbonyl (C=O) groups is 1. The predicted octanol–water partition coefficient (Wildman–Crippen LogP) is 4.94. The van der Waals surface area contributed by atoms with Gasteiger partial charge in [0.25, 0.3) is 0 Å². The van der Waals surface area contributed by atoms with Crippen molar-refractivity contribution in [2.75, 3.05) is 12.3 Å². The number of aromatic amines is 1. The number of para-hydroxylation sites is 2. The van der Waals surface area contributed by atoms with E-state index >= 15 is 0 Å². The van der Waals surface area contributed by atoms with Crippen molar-refractivity contribution in [3.63, 3.8) is 0 Å². The van der Waals surface area contributed by atoms with Gasteiger partial charge in [0.15, 0.2) is 0 Å². The normalized spacial score (nSPS) is 23.6. The van der Waals surface area contributed by atoms with Crippen LogP contribution in [0.5, 0.6) is 0 Å². The molecule has 25 heavy (non-hydrogen) atoms. The Balaban J connectivity index is 1.33. The summed E-state index contributed by atoms with van der Waals surface area (Å²) in [6.07, 6.45) is 7.56. The molecule has 1 amide bonds. The first kappa shape index (κ1) is 17.3. The van der Waals surface area contributed by atoms with Gasteiger partial charge in [0.2, 0.25) is 5.91 Å². The molecule has 1 aromatic carbocycles. The van der Waals surface area contributed by atoms with Crippen LogP contribution >= 0.6 is 21.6 Å². The van der Waals surface area contributed by atoms with Gasteiger partial charge in [-0.2, -0.15) is 0 Å². The van der Waals surface area contributed by atoms with Crippen molar-refractivity contribution in [3.8, 4) is 0 Å². The molecule has 0 radical (unpaired) electrons. The summed E-state index contributed by atoms with van der Waals surface area (Å²) >= 11 is 0. The SMILES string of the molecule is O=C(CCCCC1CCSS1)N1CCC[C@H]1c1nc2ccccc2[nH]1. The molecule has 4 rings (SSSR count). The molecule has 6 heteroatoms. The Morgan fingerprint density at radius 1 is 1.28 bits per heavy atom. The number of benzene rings is 1. The number of hydrogen-bond acceptors (Lipinski definition) is 4. The Morgan fingerprint density at radius 2 is 2.20 bits per heavy atom. The van der Waals surface area contributed by atoms with Crippen LogP contribution in [0.25, 0.3) is 11.0 Å². The molecule has 3 heterocycles. The Bertz CT molecular complexity index is 693. The summed E-state index contributed by atoms with van der Waals surface area (Å²) in [5.41, 5.74) is 2.05. The first-order chi connectivity index (χ1) is 12.3. The van der Waals surface area contributed by atoms with Gasteiger partial charge in [0.1, 0.15) is 5.82 Å². The van der Waals surface area contributed by atoms with Crippen LogP contribution in [0.2, 0.25) is 0 Å². The van der Waals surface area contributed by atoms with Crippen LogP contribution in [0.3, 0.4) is 0 Å². The summed E-state index contributed by atoms with van der Waals surface area (Å²) in [6.45, 7) is 0.871. The number of rotatable bonds is 6. The molecule has 2 aliphatic heterocycles. The monoisotopic (exact) mass is 375 g/mol. The second kappa shape index (κ2) is 8.04. The average Bonchev–Trinajstić information content (AvgIpc) is 3.38. The first-order valence-corrected chi connectivity index (χ1v) is 11.7. The fourth-order valence-electron chi connectivity index (χ4n) is 3.84. The third kappa shape index (κ3) is 4.00. The molecular weight excluding hydrogens is 350 g/mol. The summed E-state index contributed by atoms with van der Waals surface area (Å²) < 4.78 is 0. The van der Waals surface area contributed by atoms with Crippen LogP contribution in [0.1, 0.15) is 56.8 Å². The number of fused-ring (bicyclic) bond motifs is 1. The summed E-state index contributed by atoms with van der Waals surface area (Å²) in [5.74, 6) is 2.55. The third-order valence-corrected chi connectivity index (χ3v) is 8.20. The largest absolute Gasteiger partial charge is 0.340 e. The number of likely N-dealkylation sites (tertiary alicyclic amines) is 1. The lowest BCUT2D eigenvalue weighted by atomic mass is 10.1. The van der Waals surface area contributed by atoms with Crippen molar-refractivity contribution in [2.24, 2.45) is 0 Å². The Hall–Kier alpha value is -1.14. The Labute approximate surface area is 156 Å². The number of hydrogen-bond donors (Lipinski definition) is 1. The van der Waals surface area contributed by atoms with Gasteiger partial charge < -0.3 is 9.88 Å². The summed E-state index contributed by atoms with van der Waals surface area (Å²) in [6, 6.07) is 8.22. The molecule has 2 atom stereocenters. The van der Waals surface area contributed by atoms with E-state index in [2.05, 4.69) is 9.88 Å². The van der Waals surface area contributed by atoms with Crippen LogP contribution in [-0.2, 0) is 4.79 Å². The van der Waals surface area contributed by atoms with E-state index in [-0.39, 0.29) is 6.04 Å². The zero-order valence-corrected chi connectivity index (χ0v) is 16.1. The van der Waals surface area contributed by atoms with E-state index in [9.17, 15) is 4.79 Å². The first-order valence-electron chi connectivity index (χ1n) is 9.33. The molecule has 0 spiro atoms. The number of carbonyl (C=O) groups excluding carboxylic acids is 1. The van der Waals surface area contributed by atoms with E-state index in [1.165, 1.54) is 25.0 Å². The van der Waals surface area contributed by atoms with Crippen molar-refractivity contribution in [2.45, 2.75) is 56.2 Å². The van der Waals surface area contributed by atoms with E-state index in [1.807, 2.05) is 45.9 Å². The highest BCUT2D eigenvalue weighted by Gasteiger charge is 2.31. The molecule has 0 aliphatic carbocycles. The molecule has 1 unspecified atom stereocenters. The number of H-pyrrole nitrogens is 1. The van der Waals surface area contributed by atoms with E-state index in [1.54, 1.807) is 0 Å². The van der Waals surface area contributed by atoms with Gasteiger partial charge in [-0.05, 0) is 44.2 Å². The van der Waals surface area contributed by atoms with Gasteiger partial charge in [-0.1, -0.05) is 40.1 Å². The van der Waals surface area contributed by atoms with Crippen molar-refractivity contribution in [1.29, 1.82) is 0 Å². The summed E-state index contributed by atoms with van der Waals surface area (Å²) in [5, 5.41) is 0.815. The standard InChI is InChI=1S/C19H25N3OS2/c23-18(10-4-1-6-14-11-13-24-25-14)22-12-5-9-17(22)19-20-15-7-2-3-8-16(15)21-19/h2-3,7-8,14,17H,1,4-6,9-13H2,(H,20,21)/t14?,17-/m0/s1. The molecule has 1 N–H and O–H groups in total. The molecule has 4 nitrogen and oxygen atoms in total. The minimum Gasteiger partial charge on any atom is -0.340 e. The van der Waals surface area contributed by atoms with Crippen molar-refractivity contribution in [3.05, 3.63) is 30.1 Å². The Kier molecular flexibility index (Phi) is 5.56. The van der Waals surface area contributed by atoms with Gasteiger partial charge in [0, 0.05) is 24.0 Å². The van der Waals surface area contributed by atoms with Crippen molar-refractivity contribution < 1.29 is 4.79 Å². The van der Waals surface area contributed by atoms with Crippen molar-refractivity contribution >= 4 is 38.5 Å². The van der Waals surface area contributed by atoms with Crippen LogP contribution in [-0.4, -0.2) is 38.3 Å². The smallest absolute Gasteiger partial charge is 0.223 e. The molecule has 2 aliphatic rings. The third-order valence-electron chi connectivity index (χ3n) is 5.19. The lowest BCUT2D eigenvalue weighted by Gasteiger charge is -2.23. The fourth-order valence-corrected chi connectivity index (χ4v) is 6.86. The fraction of sp³-hybridized carbons (Fsp3) is 0.579. The zero-order valence-electron chi connectivity index (χ0n) is 14.4. The molecule has 1 aromatic heterocycles. The van der Waals surface area contributed by atoms with Gasteiger partial charge in [-0.3, -0.25) is 4.79 Å². The molecule has 134 valence electrons. The molecule has 2 fully saturated rings. The number of aromatic nitrogens is 2. The van der Waals surface area contributed by atoms with Gasteiger partial charge in [0.05, 0.1) is 17.1 Å². The second-order valence-electron chi connectivity index (χ2n) is 6.96. The number of imidazole rings is 1. The number of nitrogens with zero attached hydrogens (tertiary/aromatic N) is 2. The molecule has 0 saturated carbocycles. The Morgan fingerprint density at radius 3 is 3.04 bits per heavy atom. The van der Waals surface area contributed by atoms with E-state index in [0.717, 1.165) is 47.9 Å². The second-order valence-corrected chi connectivity index (χ2v) is 9.75. The topological polar surface area (TPSA) is 49.0 Å². The molecule has 2 saturated heterocycles. The van der Waals surface area contributed by atoms with Crippen molar-refractivity contribution in [1.82, 2.24) is 14.9 Å². The van der Waals surface area contributed by atoms with E-state index in [4.69, 9.17) is 4.98 Å². The minimum atomic E-state index is 0.127. The highest BCUT2D eigenvalue weighted by molar-refractivity contribution is 8.77. The quantitative estimate of drug-likeness (QED) is 0.574. The van der Waals surface area contributed by atoms with Crippen LogP contribution < -0.4 is 0 Å². The zero-order chi connectivity index (χ0) is 17.1. The van der Waals surface area contributed by atoms with Crippen LogP contribution in [0.4, 0.5) is 0 Å². The van der Waals surface area contributed by atoms with Gasteiger partial charge in [-0.15, -0.1) is 0 Å². The maximum atomic E-state index is 12.7. The maximum absolute atomic E-state index is 12.7. The minimum absolute atomic E-state index is 0.127.